The Bertz CT molecular complexity index is 1160. The van der Waals surface area contributed by atoms with Crippen LogP contribution in [0.5, 0.6) is 0 Å². The largest absolute Gasteiger partial charge is 0.273 e. The van der Waals surface area contributed by atoms with E-state index in [1.165, 1.54) is 4.90 Å². The van der Waals surface area contributed by atoms with E-state index in [4.69, 9.17) is 16.4 Å². The Hall–Kier alpha value is -3.15. The van der Waals surface area contributed by atoms with Gasteiger partial charge in [0.15, 0.2) is 6.10 Å². The zero-order valence-corrected chi connectivity index (χ0v) is 17.9. The second-order valence-corrected chi connectivity index (χ2v) is 8.44. The Balaban J connectivity index is 1.61. The number of fused-ring (bicyclic) bond motifs is 1. The fraction of sp³-hybridized carbons (Fsp3) is 0.200. The first kappa shape index (κ1) is 19.8. The number of hydrogen-bond acceptors (Lipinski definition) is 4. The molecule has 3 aromatic carbocycles. The molecule has 5 rings (SSSR count). The number of anilines is 2. The van der Waals surface area contributed by atoms with Crippen LogP contribution in [0, 0.1) is 19.8 Å². The number of amides is 2. The van der Waals surface area contributed by atoms with E-state index >= 15 is 0 Å². The van der Waals surface area contributed by atoms with Crippen LogP contribution in [-0.2, 0) is 14.4 Å². The van der Waals surface area contributed by atoms with Gasteiger partial charge in [-0.05, 0) is 61.4 Å². The first-order valence-corrected chi connectivity index (χ1v) is 10.5. The van der Waals surface area contributed by atoms with Crippen LogP contribution >= 0.6 is 11.6 Å². The van der Waals surface area contributed by atoms with Crippen LogP contribution < -0.4 is 9.96 Å². The second-order valence-electron chi connectivity index (χ2n) is 8.01. The highest BCUT2D eigenvalue weighted by molar-refractivity contribution is 6.31. The molecular formula is C25H21ClN2O3. The molecule has 0 aromatic heterocycles. The van der Waals surface area contributed by atoms with E-state index in [0.717, 1.165) is 22.4 Å². The summed E-state index contributed by atoms with van der Waals surface area (Å²) in [6, 6.07) is 22.0. The fourth-order valence-electron chi connectivity index (χ4n) is 4.53. The van der Waals surface area contributed by atoms with Crippen molar-refractivity contribution in [2.75, 3.05) is 9.96 Å². The molecule has 2 heterocycles. The van der Waals surface area contributed by atoms with E-state index in [9.17, 15) is 9.59 Å². The van der Waals surface area contributed by atoms with Gasteiger partial charge in [0.05, 0.1) is 17.4 Å². The van der Waals surface area contributed by atoms with Crippen LogP contribution in [0.25, 0.3) is 0 Å². The molecule has 0 N–H and O–H groups in total. The zero-order chi connectivity index (χ0) is 21.7. The molecular weight excluding hydrogens is 412 g/mol. The Morgan fingerprint density at radius 3 is 2.23 bits per heavy atom. The summed E-state index contributed by atoms with van der Waals surface area (Å²) in [6.45, 7) is 4.06. The number of imide groups is 1. The summed E-state index contributed by atoms with van der Waals surface area (Å²) in [5.41, 5.74) is 4.48. The molecule has 0 bridgehead atoms. The minimum Gasteiger partial charge on any atom is -0.273 e. The molecule has 2 fully saturated rings. The minimum atomic E-state index is -0.880. The van der Waals surface area contributed by atoms with E-state index in [1.807, 2.05) is 56.3 Å². The van der Waals surface area contributed by atoms with Crippen molar-refractivity contribution in [3.8, 4) is 0 Å². The predicted molar refractivity (Wildman–Crippen MR) is 120 cm³/mol. The molecule has 2 amide bonds. The van der Waals surface area contributed by atoms with Crippen molar-refractivity contribution in [3.05, 3.63) is 94.5 Å². The van der Waals surface area contributed by atoms with Gasteiger partial charge >= 0.3 is 0 Å². The summed E-state index contributed by atoms with van der Waals surface area (Å²) < 4.78 is 0. The molecule has 2 aliphatic heterocycles. The predicted octanol–water partition coefficient (Wildman–Crippen LogP) is 5.01. The Morgan fingerprint density at radius 1 is 0.839 bits per heavy atom. The molecule has 3 unspecified atom stereocenters. The number of carbonyl (C=O) groups excluding carboxylic acids is 2. The highest BCUT2D eigenvalue weighted by Crippen LogP contribution is 2.48. The molecule has 0 saturated carbocycles. The average molecular weight is 433 g/mol. The first-order chi connectivity index (χ1) is 15.0. The lowest BCUT2D eigenvalue weighted by Gasteiger charge is -2.29. The number of carbonyl (C=O) groups is 2. The third kappa shape index (κ3) is 3.21. The summed E-state index contributed by atoms with van der Waals surface area (Å²) in [4.78, 5) is 34.3. The fourth-order valence-corrected chi connectivity index (χ4v) is 4.66. The average Bonchev–Trinajstić information content (AvgIpc) is 3.26. The van der Waals surface area contributed by atoms with Gasteiger partial charge in [0, 0.05) is 5.02 Å². The number of nitrogens with zero attached hydrogens (tertiary/aromatic N) is 2. The molecule has 2 aliphatic rings. The van der Waals surface area contributed by atoms with Gasteiger partial charge in [-0.25, -0.2) is 9.96 Å². The van der Waals surface area contributed by atoms with Crippen molar-refractivity contribution < 1.29 is 14.4 Å². The summed E-state index contributed by atoms with van der Waals surface area (Å²) in [5.74, 6) is -1.27. The number of hydroxylamine groups is 1. The Labute approximate surface area is 185 Å². The van der Waals surface area contributed by atoms with Crippen LogP contribution in [0.4, 0.5) is 11.4 Å². The second kappa shape index (κ2) is 7.52. The lowest BCUT2D eigenvalue weighted by molar-refractivity contribution is -0.126. The van der Waals surface area contributed by atoms with Crippen LogP contribution in [-0.4, -0.2) is 17.9 Å². The third-order valence-electron chi connectivity index (χ3n) is 5.95. The van der Waals surface area contributed by atoms with Gasteiger partial charge in [-0.15, -0.1) is 0 Å². The summed E-state index contributed by atoms with van der Waals surface area (Å²) in [7, 11) is 0. The van der Waals surface area contributed by atoms with Crippen LogP contribution in [0.15, 0.2) is 72.8 Å². The minimum absolute atomic E-state index is 0.263. The topological polar surface area (TPSA) is 49.9 Å². The molecule has 0 aliphatic carbocycles. The summed E-state index contributed by atoms with van der Waals surface area (Å²) >= 11 is 5.99. The number of para-hydroxylation sites is 1. The van der Waals surface area contributed by atoms with Gasteiger partial charge in [-0.3, -0.25) is 14.4 Å². The maximum Gasteiger partial charge on any atom is 0.266 e. The van der Waals surface area contributed by atoms with E-state index in [1.54, 1.807) is 29.3 Å². The van der Waals surface area contributed by atoms with Gasteiger partial charge in [0.25, 0.3) is 5.91 Å². The van der Waals surface area contributed by atoms with Gasteiger partial charge < -0.3 is 0 Å². The SMILES string of the molecule is Cc1ccc(C2C3C(=O)N(c4ccc(Cl)cc4)C(=O)C3ON2c2ccccc2)c(C)c1. The first-order valence-electron chi connectivity index (χ1n) is 10.2. The molecule has 156 valence electrons. The summed E-state index contributed by atoms with van der Waals surface area (Å²) in [6.07, 6.45) is -0.880. The number of halogens is 1. The van der Waals surface area contributed by atoms with Gasteiger partial charge in [-0.1, -0.05) is 53.6 Å². The number of benzene rings is 3. The van der Waals surface area contributed by atoms with Crippen LogP contribution in [0.3, 0.4) is 0 Å². The standard InChI is InChI=1S/C25H21ClN2O3/c1-15-8-13-20(16(2)14-15)22-21-23(31-28(22)19-6-4-3-5-7-19)25(30)27(24(21)29)18-11-9-17(26)10-12-18/h3-14,21-23H,1-2H3. The monoisotopic (exact) mass is 432 g/mol. The summed E-state index contributed by atoms with van der Waals surface area (Å²) in [5, 5.41) is 2.27. The van der Waals surface area contributed by atoms with Crippen molar-refractivity contribution >= 4 is 34.8 Å². The molecule has 0 radical (unpaired) electrons. The quantitative estimate of drug-likeness (QED) is 0.546. The zero-order valence-electron chi connectivity index (χ0n) is 17.2. The maximum atomic E-state index is 13.6. The lowest BCUT2D eigenvalue weighted by Crippen LogP contribution is -2.37. The van der Waals surface area contributed by atoms with E-state index in [-0.39, 0.29) is 11.8 Å². The van der Waals surface area contributed by atoms with Gasteiger partial charge in [0.1, 0.15) is 5.92 Å². The van der Waals surface area contributed by atoms with Gasteiger partial charge in [0.2, 0.25) is 5.91 Å². The van der Waals surface area contributed by atoms with E-state index in [0.29, 0.717) is 10.7 Å². The highest BCUT2D eigenvalue weighted by atomic mass is 35.5. The van der Waals surface area contributed by atoms with Crippen LogP contribution in [0.2, 0.25) is 5.02 Å². The third-order valence-corrected chi connectivity index (χ3v) is 6.21. The lowest BCUT2D eigenvalue weighted by atomic mass is 9.87. The molecule has 3 aromatic rings. The molecule has 31 heavy (non-hydrogen) atoms. The van der Waals surface area contributed by atoms with E-state index in [2.05, 4.69) is 6.07 Å². The van der Waals surface area contributed by atoms with Crippen molar-refractivity contribution in [2.45, 2.75) is 26.0 Å². The molecule has 6 heteroatoms. The van der Waals surface area contributed by atoms with Crippen LogP contribution in [0.1, 0.15) is 22.7 Å². The molecule has 2 saturated heterocycles. The Kier molecular flexibility index (Phi) is 4.80. The smallest absolute Gasteiger partial charge is 0.266 e. The number of rotatable bonds is 3. The van der Waals surface area contributed by atoms with Crippen molar-refractivity contribution in [2.24, 2.45) is 5.92 Å². The number of aryl methyl sites for hydroxylation is 2. The highest BCUT2D eigenvalue weighted by Gasteiger charge is 2.60. The molecule has 3 atom stereocenters. The van der Waals surface area contributed by atoms with E-state index < -0.39 is 18.1 Å². The van der Waals surface area contributed by atoms with Gasteiger partial charge in [-0.2, -0.15) is 0 Å². The maximum absolute atomic E-state index is 13.6. The van der Waals surface area contributed by atoms with Crippen molar-refractivity contribution in [3.63, 3.8) is 0 Å². The molecule has 5 nitrogen and oxygen atoms in total. The van der Waals surface area contributed by atoms with Crippen molar-refractivity contribution in [1.29, 1.82) is 0 Å². The van der Waals surface area contributed by atoms with Crippen molar-refractivity contribution in [1.82, 2.24) is 0 Å². The Morgan fingerprint density at radius 2 is 1.55 bits per heavy atom. The normalized spacial score (nSPS) is 22.9. The number of hydrogen-bond donors (Lipinski definition) is 0. The molecule has 0 spiro atoms.